The average molecular weight is 241 g/mol. The molecule has 0 saturated carbocycles. The molecular formula is C13H27N3O. The van der Waals surface area contributed by atoms with Gasteiger partial charge in [-0.15, -0.1) is 0 Å². The Morgan fingerprint density at radius 1 is 1.41 bits per heavy atom. The number of unbranched alkanes of at least 4 members (excludes halogenated alkanes) is 1. The minimum atomic E-state index is 0.119. The lowest BCUT2D eigenvalue weighted by molar-refractivity contribution is 0.160. The van der Waals surface area contributed by atoms with E-state index in [1.807, 2.05) is 4.90 Å². The molecule has 17 heavy (non-hydrogen) atoms. The van der Waals surface area contributed by atoms with Crippen molar-refractivity contribution in [1.29, 1.82) is 0 Å². The topological polar surface area (TPSA) is 44.4 Å². The van der Waals surface area contributed by atoms with Crippen molar-refractivity contribution in [3.05, 3.63) is 0 Å². The zero-order chi connectivity index (χ0) is 12.5. The summed E-state index contributed by atoms with van der Waals surface area (Å²) in [6.07, 6.45) is 5.52. The predicted molar refractivity (Wildman–Crippen MR) is 71.2 cm³/mol. The number of hydrogen-bond donors (Lipinski definition) is 2. The van der Waals surface area contributed by atoms with E-state index >= 15 is 0 Å². The van der Waals surface area contributed by atoms with E-state index in [2.05, 4.69) is 24.5 Å². The summed E-state index contributed by atoms with van der Waals surface area (Å²) in [7, 11) is 0. The van der Waals surface area contributed by atoms with Crippen LogP contribution in [0.4, 0.5) is 4.79 Å². The zero-order valence-electron chi connectivity index (χ0n) is 11.3. The van der Waals surface area contributed by atoms with Crippen LogP contribution in [-0.4, -0.2) is 43.2 Å². The monoisotopic (exact) mass is 241 g/mol. The van der Waals surface area contributed by atoms with Gasteiger partial charge in [-0.2, -0.15) is 0 Å². The normalized spacial score (nSPS) is 20.0. The Morgan fingerprint density at radius 3 is 2.82 bits per heavy atom. The zero-order valence-corrected chi connectivity index (χ0v) is 11.3. The van der Waals surface area contributed by atoms with Crippen LogP contribution in [0.25, 0.3) is 0 Å². The Labute approximate surface area is 105 Å². The molecule has 1 rings (SSSR count). The smallest absolute Gasteiger partial charge is 0.317 e. The standard InChI is InChI=1S/C13H27N3O/c1-3-5-9-15-13(17)16(10-4-2)12-7-6-8-14-11-12/h12,14H,3-11H2,1-2H3,(H,15,17). The second-order valence-electron chi connectivity index (χ2n) is 4.78. The molecule has 0 aliphatic carbocycles. The highest BCUT2D eigenvalue weighted by atomic mass is 16.2. The average Bonchev–Trinajstić information content (AvgIpc) is 2.37. The number of carbonyl (C=O) groups excluding carboxylic acids is 1. The lowest BCUT2D eigenvalue weighted by Gasteiger charge is -2.34. The molecule has 1 atom stereocenters. The highest BCUT2D eigenvalue weighted by Gasteiger charge is 2.24. The third-order valence-corrected chi connectivity index (χ3v) is 3.24. The van der Waals surface area contributed by atoms with Crippen LogP contribution in [0.3, 0.4) is 0 Å². The molecule has 1 aliphatic rings. The third-order valence-electron chi connectivity index (χ3n) is 3.24. The Hall–Kier alpha value is -0.770. The van der Waals surface area contributed by atoms with E-state index < -0.39 is 0 Å². The Kier molecular flexibility index (Phi) is 7.01. The van der Waals surface area contributed by atoms with Crippen molar-refractivity contribution < 1.29 is 4.79 Å². The Morgan fingerprint density at radius 2 is 2.24 bits per heavy atom. The molecule has 4 heteroatoms. The van der Waals surface area contributed by atoms with Crippen molar-refractivity contribution in [1.82, 2.24) is 15.5 Å². The number of nitrogens with one attached hydrogen (secondary N) is 2. The molecule has 1 aliphatic heterocycles. The first-order chi connectivity index (χ1) is 8.29. The quantitative estimate of drug-likeness (QED) is 0.698. The van der Waals surface area contributed by atoms with E-state index in [-0.39, 0.29) is 6.03 Å². The third kappa shape index (κ3) is 4.94. The molecule has 0 radical (unpaired) electrons. The number of carbonyl (C=O) groups is 1. The lowest BCUT2D eigenvalue weighted by Crippen LogP contribution is -2.52. The molecule has 1 unspecified atom stereocenters. The fourth-order valence-corrected chi connectivity index (χ4v) is 2.26. The first kappa shape index (κ1) is 14.3. The number of nitrogens with zero attached hydrogens (tertiary/aromatic N) is 1. The number of piperidine rings is 1. The summed E-state index contributed by atoms with van der Waals surface area (Å²) in [5.41, 5.74) is 0. The maximum absolute atomic E-state index is 12.1. The van der Waals surface area contributed by atoms with E-state index in [1.54, 1.807) is 0 Å². The number of amides is 2. The van der Waals surface area contributed by atoms with Crippen LogP contribution in [0.5, 0.6) is 0 Å². The summed E-state index contributed by atoms with van der Waals surface area (Å²) < 4.78 is 0. The maximum Gasteiger partial charge on any atom is 0.317 e. The van der Waals surface area contributed by atoms with Crippen LogP contribution in [0, 0.1) is 0 Å². The molecular weight excluding hydrogens is 214 g/mol. The van der Waals surface area contributed by atoms with Crippen LogP contribution in [0.2, 0.25) is 0 Å². The molecule has 0 aromatic rings. The molecule has 1 fully saturated rings. The van der Waals surface area contributed by atoms with Crippen molar-refractivity contribution in [2.45, 2.75) is 52.0 Å². The second-order valence-corrected chi connectivity index (χ2v) is 4.78. The van der Waals surface area contributed by atoms with Crippen LogP contribution in [0.15, 0.2) is 0 Å². The van der Waals surface area contributed by atoms with Gasteiger partial charge in [-0.05, 0) is 32.2 Å². The first-order valence-electron chi connectivity index (χ1n) is 7.04. The van der Waals surface area contributed by atoms with E-state index in [1.165, 1.54) is 6.42 Å². The van der Waals surface area contributed by atoms with Gasteiger partial charge in [-0.25, -0.2) is 4.79 Å². The fourth-order valence-electron chi connectivity index (χ4n) is 2.26. The van der Waals surface area contributed by atoms with Crippen molar-refractivity contribution in [2.75, 3.05) is 26.2 Å². The summed E-state index contributed by atoms with van der Waals surface area (Å²) in [6, 6.07) is 0.499. The molecule has 2 amide bonds. The van der Waals surface area contributed by atoms with E-state index in [4.69, 9.17) is 0 Å². The van der Waals surface area contributed by atoms with Gasteiger partial charge >= 0.3 is 6.03 Å². The van der Waals surface area contributed by atoms with E-state index in [0.29, 0.717) is 6.04 Å². The van der Waals surface area contributed by atoms with Crippen LogP contribution < -0.4 is 10.6 Å². The fraction of sp³-hybridized carbons (Fsp3) is 0.923. The van der Waals surface area contributed by atoms with Crippen molar-refractivity contribution >= 4 is 6.03 Å². The predicted octanol–water partition coefficient (Wildman–Crippen LogP) is 1.96. The minimum Gasteiger partial charge on any atom is -0.338 e. The van der Waals surface area contributed by atoms with Crippen LogP contribution in [-0.2, 0) is 0 Å². The molecule has 0 spiro atoms. The molecule has 0 aromatic carbocycles. The first-order valence-corrected chi connectivity index (χ1v) is 7.04. The van der Waals surface area contributed by atoms with Gasteiger partial charge in [0.2, 0.25) is 0 Å². The maximum atomic E-state index is 12.1. The van der Waals surface area contributed by atoms with Gasteiger partial charge in [0.1, 0.15) is 0 Å². The van der Waals surface area contributed by atoms with Crippen LogP contribution >= 0.6 is 0 Å². The van der Waals surface area contributed by atoms with Gasteiger partial charge in [0, 0.05) is 25.7 Å². The minimum absolute atomic E-state index is 0.119. The Bertz CT molecular complexity index is 215. The molecule has 100 valence electrons. The molecule has 1 saturated heterocycles. The van der Waals surface area contributed by atoms with Gasteiger partial charge in [0.15, 0.2) is 0 Å². The van der Waals surface area contributed by atoms with Gasteiger partial charge in [-0.1, -0.05) is 20.3 Å². The summed E-state index contributed by atoms with van der Waals surface area (Å²) >= 11 is 0. The van der Waals surface area contributed by atoms with Gasteiger partial charge in [0.05, 0.1) is 0 Å². The van der Waals surface area contributed by atoms with Crippen molar-refractivity contribution in [3.8, 4) is 0 Å². The molecule has 4 nitrogen and oxygen atoms in total. The lowest BCUT2D eigenvalue weighted by atomic mass is 10.1. The van der Waals surface area contributed by atoms with Gasteiger partial charge in [0.25, 0.3) is 0 Å². The summed E-state index contributed by atoms with van der Waals surface area (Å²) in [6.45, 7) is 7.97. The summed E-state index contributed by atoms with van der Waals surface area (Å²) in [5, 5.41) is 6.40. The number of hydrogen-bond acceptors (Lipinski definition) is 2. The number of urea groups is 1. The van der Waals surface area contributed by atoms with E-state index in [0.717, 1.165) is 51.9 Å². The summed E-state index contributed by atoms with van der Waals surface area (Å²) in [4.78, 5) is 14.1. The second kappa shape index (κ2) is 8.34. The van der Waals surface area contributed by atoms with Crippen molar-refractivity contribution in [2.24, 2.45) is 0 Å². The molecule has 0 bridgehead atoms. The highest BCUT2D eigenvalue weighted by Crippen LogP contribution is 2.11. The SMILES string of the molecule is CCCCNC(=O)N(CCC)C1CCCNC1. The highest BCUT2D eigenvalue weighted by molar-refractivity contribution is 5.74. The van der Waals surface area contributed by atoms with Crippen molar-refractivity contribution in [3.63, 3.8) is 0 Å². The number of rotatable bonds is 6. The van der Waals surface area contributed by atoms with Gasteiger partial charge < -0.3 is 15.5 Å². The molecule has 1 heterocycles. The largest absolute Gasteiger partial charge is 0.338 e. The van der Waals surface area contributed by atoms with E-state index in [9.17, 15) is 4.79 Å². The molecule has 2 N–H and O–H groups in total. The summed E-state index contributed by atoms with van der Waals surface area (Å²) in [5.74, 6) is 0. The Balaban J connectivity index is 2.42. The van der Waals surface area contributed by atoms with Gasteiger partial charge in [-0.3, -0.25) is 0 Å². The molecule has 0 aromatic heterocycles. The van der Waals surface area contributed by atoms with Crippen LogP contribution in [0.1, 0.15) is 46.0 Å².